The van der Waals surface area contributed by atoms with Gasteiger partial charge in [-0.3, -0.25) is 0 Å². The quantitative estimate of drug-likeness (QED) is 0.407. The minimum Gasteiger partial charge on any atom is -0.477 e. The van der Waals surface area contributed by atoms with Gasteiger partial charge in [-0.1, -0.05) is 0 Å². The Hall–Kier alpha value is -0.570. The zero-order valence-corrected chi connectivity index (χ0v) is 5.51. The molecular weight excluding hydrogens is 111 g/mol. The van der Waals surface area contributed by atoms with Crippen LogP contribution in [-0.4, -0.2) is 43.2 Å². The molecule has 0 aromatic carbocycles. The van der Waals surface area contributed by atoms with Gasteiger partial charge in [0.1, 0.15) is 0 Å². The summed E-state index contributed by atoms with van der Waals surface area (Å²) in [5, 5.41) is 8.23. The van der Waals surface area contributed by atoms with Crippen LogP contribution in [0.15, 0.2) is 0 Å². The Bertz CT molecular complexity index is 93.1. The van der Waals surface area contributed by atoms with E-state index in [1.165, 1.54) is 0 Å². The first-order valence-electron chi connectivity index (χ1n) is 2.44. The predicted molar refractivity (Wildman–Crippen MR) is 30.5 cm³/mol. The molecule has 0 aromatic rings. The first kappa shape index (κ1) is 7.43. The molecule has 0 fully saturated rings. The fourth-order valence-electron chi connectivity index (χ4n) is 0.406. The third kappa shape index (κ3) is 5.43. The van der Waals surface area contributed by atoms with Crippen LogP contribution in [0, 0.1) is 0 Å². The topological polar surface area (TPSA) is 37.3 Å². The molecule has 48 valence electrons. The number of hydrogen-bond donors (Lipinski definition) is 1. The zero-order valence-electron chi connectivity index (χ0n) is 5.51. The Morgan fingerprint density at radius 1 is 1.50 bits per heavy atom. The van der Waals surface area contributed by atoms with E-state index in [4.69, 9.17) is 5.11 Å². The Kier molecular flexibility index (Phi) is 1.98. The van der Waals surface area contributed by atoms with Crippen molar-refractivity contribution in [2.45, 2.75) is 0 Å². The van der Waals surface area contributed by atoms with Gasteiger partial charge >= 0.3 is 5.97 Å². The molecule has 0 aromatic heterocycles. The van der Waals surface area contributed by atoms with E-state index in [-0.39, 0.29) is 6.54 Å². The second kappa shape index (κ2) is 2.13. The molecule has 0 unspecified atom stereocenters. The van der Waals surface area contributed by atoms with Crippen molar-refractivity contribution in [2.24, 2.45) is 0 Å². The van der Waals surface area contributed by atoms with E-state index in [0.717, 1.165) is 0 Å². The molecule has 0 saturated heterocycles. The van der Waals surface area contributed by atoms with Crippen molar-refractivity contribution in [3.05, 3.63) is 0 Å². The first-order valence-corrected chi connectivity index (χ1v) is 2.44. The third-order valence-electron chi connectivity index (χ3n) is 0.610. The van der Waals surface area contributed by atoms with Crippen molar-refractivity contribution < 1.29 is 14.4 Å². The molecule has 0 atom stereocenters. The summed E-state index contributed by atoms with van der Waals surface area (Å²) in [6, 6.07) is 0. The fraction of sp³-hybridized carbons (Fsp3) is 0.800. The Morgan fingerprint density at radius 2 is 1.88 bits per heavy atom. The maximum Gasteiger partial charge on any atom is 0.359 e. The van der Waals surface area contributed by atoms with Crippen LogP contribution >= 0.6 is 0 Å². The van der Waals surface area contributed by atoms with Gasteiger partial charge in [0.15, 0.2) is 6.54 Å². The summed E-state index contributed by atoms with van der Waals surface area (Å²) in [6.07, 6.45) is 0. The number of likely N-dealkylation sites (N-methyl/N-ethyl adjacent to an activating group) is 1. The zero-order chi connectivity index (χ0) is 6.78. The largest absolute Gasteiger partial charge is 0.477 e. The molecule has 0 aliphatic carbocycles. The third-order valence-corrected chi connectivity index (χ3v) is 0.610. The minimum atomic E-state index is -0.752. The second-order valence-corrected chi connectivity index (χ2v) is 2.84. The lowest BCUT2D eigenvalue weighted by Gasteiger charge is -2.20. The molecule has 3 nitrogen and oxygen atoms in total. The molecular formula is C5H12NO2+. The number of quaternary nitrogens is 1. The van der Waals surface area contributed by atoms with Crippen molar-refractivity contribution in [3.63, 3.8) is 0 Å². The molecule has 0 saturated carbocycles. The first-order chi connectivity index (χ1) is 3.42. The van der Waals surface area contributed by atoms with Crippen LogP contribution in [0.3, 0.4) is 0 Å². The van der Waals surface area contributed by atoms with Crippen molar-refractivity contribution in [3.8, 4) is 0 Å². The number of aliphatic carboxylic acids is 1. The van der Waals surface area contributed by atoms with E-state index in [9.17, 15) is 4.79 Å². The number of nitrogens with zero attached hydrogens (tertiary/aromatic N) is 1. The normalized spacial score (nSPS) is 11.4. The monoisotopic (exact) mass is 123 g/mol. The van der Waals surface area contributed by atoms with Gasteiger partial charge < -0.3 is 9.59 Å². The molecule has 8 heavy (non-hydrogen) atoms. The van der Waals surface area contributed by atoms with E-state index in [1.807, 2.05) is 21.1 Å². The number of carboxylic acid groups (broad SMARTS) is 1. The molecule has 0 amide bonds. The average molecular weight is 123 g/mol. The highest BCUT2D eigenvalue weighted by molar-refractivity contribution is 5.67. The lowest BCUT2D eigenvalue weighted by Crippen LogP contribution is -2.39. The number of hydrogen-bond acceptors (Lipinski definition) is 1. The Labute approximate surface area is 49.1 Å². The summed E-state index contributed by atoms with van der Waals surface area (Å²) in [4.78, 5) is 10.00. The van der Waals surface area contributed by atoms with Crippen LogP contribution < -0.4 is 0 Å². The van der Waals surface area contributed by atoms with Gasteiger partial charge in [0.05, 0.1) is 21.1 Å². The molecule has 0 heterocycles. The van der Waals surface area contributed by atoms with Gasteiger partial charge in [0, 0.05) is 0 Å². The van der Waals surface area contributed by atoms with Gasteiger partial charge in [-0.15, -0.1) is 0 Å². The van der Waals surface area contributed by atoms with Crippen LogP contribution in [0.4, 0.5) is 0 Å². The van der Waals surface area contributed by atoms with Crippen LogP contribution in [0.2, 0.25) is 0 Å². The number of carbonyl (C=O) groups is 1. The van der Waals surface area contributed by atoms with Gasteiger partial charge in [-0.05, 0) is 0 Å². The molecule has 0 aliphatic heterocycles. The number of rotatable bonds is 2. The second-order valence-electron chi connectivity index (χ2n) is 2.84. The predicted octanol–water partition coefficient (Wildman–Crippen LogP) is -0.223. The lowest BCUT2D eigenvalue weighted by atomic mass is 11.3. The van der Waals surface area contributed by atoms with Crippen LogP contribution in [0.5, 0.6) is 0 Å². The summed E-state index contributed by atoms with van der Waals surface area (Å²) in [5.41, 5.74) is 0. The molecule has 0 spiro atoms. The Morgan fingerprint density at radius 3 is 1.88 bits per heavy atom. The maximum atomic E-state index is 10.00. The highest BCUT2D eigenvalue weighted by Crippen LogP contribution is 1.86. The molecule has 0 aliphatic rings. The Balaban J connectivity index is 3.55. The standard InChI is InChI=1S/C5H11NO2/c1-6(2,3)4-5(7)8/h4H2,1-3H3/p+1/i1+1,2+1,3+1,4+1,5+1. The SMILES string of the molecule is [13CH3][N+]([13CH3])([13CH3])[13CH2][13C](=O)O. The molecule has 0 radical (unpaired) electrons. The van der Waals surface area contributed by atoms with Gasteiger partial charge in [-0.2, -0.15) is 0 Å². The molecule has 0 rings (SSSR count). The molecule has 3 heteroatoms. The van der Waals surface area contributed by atoms with Crippen LogP contribution in [0.1, 0.15) is 0 Å². The van der Waals surface area contributed by atoms with Gasteiger partial charge in [0.2, 0.25) is 0 Å². The van der Waals surface area contributed by atoms with Crippen molar-refractivity contribution in [1.82, 2.24) is 0 Å². The van der Waals surface area contributed by atoms with E-state index < -0.39 is 5.97 Å². The van der Waals surface area contributed by atoms with E-state index in [2.05, 4.69) is 0 Å². The maximum absolute atomic E-state index is 10.00. The fourth-order valence-corrected chi connectivity index (χ4v) is 0.406. The summed E-state index contributed by atoms with van der Waals surface area (Å²) < 4.78 is 0.481. The average Bonchev–Trinajstić information content (AvgIpc) is 1.21. The van der Waals surface area contributed by atoms with Crippen LogP contribution in [0.25, 0.3) is 0 Å². The highest BCUT2D eigenvalue weighted by atomic mass is 16.5. The molecule has 1 N–H and O–H groups in total. The summed E-state index contributed by atoms with van der Waals surface area (Å²) in [7, 11) is 5.52. The van der Waals surface area contributed by atoms with Crippen molar-refractivity contribution >= 4 is 5.97 Å². The highest BCUT2D eigenvalue weighted by Gasteiger charge is 2.11. The summed E-state index contributed by atoms with van der Waals surface area (Å²) in [6.45, 7) is 0.181. The number of carboxylic acids is 1. The lowest BCUT2D eigenvalue weighted by molar-refractivity contribution is -0.862. The summed E-state index contributed by atoms with van der Waals surface area (Å²) >= 11 is 0. The minimum absolute atomic E-state index is 0.181. The van der Waals surface area contributed by atoms with Crippen LogP contribution in [-0.2, 0) is 4.79 Å². The van der Waals surface area contributed by atoms with E-state index in [1.54, 1.807) is 0 Å². The van der Waals surface area contributed by atoms with Crippen molar-refractivity contribution in [1.29, 1.82) is 0 Å². The summed E-state index contributed by atoms with van der Waals surface area (Å²) in [5.74, 6) is -0.752. The van der Waals surface area contributed by atoms with Gasteiger partial charge in [0.25, 0.3) is 0 Å². The van der Waals surface area contributed by atoms with E-state index in [0.29, 0.717) is 4.48 Å². The van der Waals surface area contributed by atoms with E-state index >= 15 is 0 Å². The molecule has 0 bridgehead atoms. The smallest absolute Gasteiger partial charge is 0.359 e. The van der Waals surface area contributed by atoms with Gasteiger partial charge in [-0.25, -0.2) is 4.79 Å². The van der Waals surface area contributed by atoms with Crippen molar-refractivity contribution in [2.75, 3.05) is 27.7 Å².